The molecule has 0 unspecified atom stereocenters. The number of nitro groups is 1. The van der Waals surface area contributed by atoms with Crippen LogP contribution in [0.25, 0.3) is 0 Å². The van der Waals surface area contributed by atoms with E-state index >= 15 is 0 Å². The Morgan fingerprint density at radius 2 is 1.93 bits per heavy atom. The predicted molar refractivity (Wildman–Crippen MR) is 95.2 cm³/mol. The first-order chi connectivity index (χ1) is 12.9. The first-order valence-corrected chi connectivity index (χ1v) is 7.96. The number of hydrogen-bond acceptors (Lipinski definition) is 5. The molecule has 7 nitrogen and oxygen atoms in total. The summed E-state index contributed by atoms with van der Waals surface area (Å²) >= 11 is 0. The molecule has 0 saturated heterocycles. The van der Waals surface area contributed by atoms with E-state index in [-0.39, 0.29) is 29.6 Å². The van der Waals surface area contributed by atoms with E-state index in [1.807, 2.05) is 0 Å². The van der Waals surface area contributed by atoms with Crippen LogP contribution in [0, 0.1) is 22.9 Å². The molecule has 0 aliphatic heterocycles. The topological polar surface area (TPSA) is 94.6 Å². The van der Waals surface area contributed by atoms with Gasteiger partial charge in [0.05, 0.1) is 4.92 Å². The van der Waals surface area contributed by atoms with Crippen LogP contribution in [0.1, 0.15) is 21.9 Å². The van der Waals surface area contributed by atoms with Gasteiger partial charge < -0.3 is 14.5 Å². The lowest BCUT2D eigenvalue weighted by atomic mass is 10.2. The van der Waals surface area contributed by atoms with E-state index in [0.29, 0.717) is 17.1 Å². The number of aryl methyl sites for hydroxylation is 1. The molecule has 8 heteroatoms. The minimum atomic E-state index is -0.541. The number of amides is 1. The van der Waals surface area contributed by atoms with Crippen molar-refractivity contribution in [1.29, 1.82) is 0 Å². The molecule has 1 aromatic heterocycles. The van der Waals surface area contributed by atoms with E-state index < -0.39 is 10.8 Å². The Hall–Kier alpha value is -3.68. The number of hydrogen-bond donors (Lipinski definition) is 1. The van der Waals surface area contributed by atoms with Crippen LogP contribution in [0.5, 0.6) is 5.75 Å². The quantitative estimate of drug-likeness (QED) is 0.510. The maximum absolute atomic E-state index is 12.9. The maximum Gasteiger partial charge on any atom is 0.291 e. The molecule has 2 aromatic carbocycles. The van der Waals surface area contributed by atoms with Gasteiger partial charge in [-0.15, -0.1) is 0 Å². The molecule has 0 atom stereocenters. The Morgan fingerprint density at radius 3 is 2.63 bits per heavy atom. The molecular weight excluding hydrogens is 355 g/mol. The van der Waals surface area contributed by atoms with Gasteiger partial charge in [0, 0.05) is 17.3 Å². The van der Waals surface area contributed by atoms with Crippen molar-refractivity contribution in [2.45, 2.75) is 13.5 Å². The Kier molecular flexibility index (Phi) is 5.16. The maximum atomic E-state index is 12.9. The third kappa shape index (κ3) is 4.49. The third-order valence-electron chi connectivity index (χ3n) is 3.74. The Labute approximate surface area is 153 Å². The minimum absolute atomic E-state index is 0.0379. The number of anilines is 1. The zero-order valence-corrected chi connectivity index (χ0v) is 14.3. The van der Waals surface area contributed by atoms with Crippen LogP contribution < -0.4 is 10.1 Å². The fourth-order valence-electron chi connectivity index (χ4n) is 2.34. The number of nitrogens with one attached hydrogen (secondary N) is 1. The van der Waals surface area contributed by atoms with Gasteiger partial charge in [0.2, 0.25) is 0 Å². The molecule has 1 heterocycles. The number of furan rings is 1. The van der Waals surface area contributed by atoms with Crippen molar-refractivity contribution in [3.05, 3.63) is 87.6 Å². The highest BCUT2D eigenvalue weighted by molar-refractivity contribution is 6.02. The largest absolute Gasteiger partial charge is 0.486 e. The molecule has 3 aromatic rings. The monoisotopic (exact) mass is 370 g/mol. The molecule has 3 rings (SSSR count). The molecular formula is C19H15FN2O5. The average molecular weight is 370 g/mol. The molecule has 0 radical (unpaired) electrons. The zero-order chi connectivity index (χ0) is 19.4. The van der Waals surface area contributed by atoms with E-state index in [9.17, 15) is 19.3 Å². The van der Waals surface area contributed by atoms with Crippen molar-refractivity contribution < 1.29 is 23.3 Å². The first-order valence-electron chi connectivity index (χ1n) is 7.96. The fraction of sp³-hybridized carbons (Fsp3) is 0.105. The standard InChI is InChI=1S/C19H15FN2O5/c1-12-2-5-14(10-17(12)22(24)25)21-19(23)18-9-8-16(27-18)11-26-15-6-3-13(20)4-7-15/h2-10H,11H2,1H3,(H,21,23). The van der Waals surface area contributed by atoms with Crippen LogP contribution >= 0.6 is 0 Å². The first kappa shape index (κ1) is 18.1. The van der Waals surface area contributed by atoms with Gasteiger partial charge in [-0.25, -0.2) is 4.39 Å². The van der Waals surface area contributed by atoms with Crippen LogP contribution in [0.3, 0.4) is 0 Å². The van der Waals surface area contributed by atoms with Crippen LogP contribution in [0.2, 0.25) is 0 Å². The number of rotatable bonds is 6. The number of ether oxygens (including phenoxy) is 1. The smallest absolute Gasteiger partial charge is 0.291 e. The van der Waals surface area contributed by atoms with Gasteiger partial charge in [-0.1, -0.05) is 6.07 Å². The van der Waals surface area contributed by atoms with Crippen molar-refractivity contribution in [2.24, 2.45) is 0 Å². The summed E-state index contributed by atoms with van der Waals surface area (Å²) in [6.07, 6.45) is 0. The van der Waals surface area contributed by atoms with Gasteiger partial charge in [-0.2, -0.15) is 0 Å². The predicted octanol–water partition coefficient (Wildman–Crippen LogP) is 4.47. The molecule has 0 saturated carbocycles. The minimum Gasteiger partial charge on any atom is -0.486 e. The average Bonchev–Trinajstić information content (AvgIpc) is 3.12. The number of carbonyl (C=O) groups is 1. The molecule has 1 amide bonds. The second-order valence-corrected chi connectivity index (χ2v) is 5.72. The van der Waals surface area contributed by atoms with E-state index in [4.69, 9.17) is 9.15 Å². The number of benzene rings is 2. The van der Waals surface area contributed by atoms with Gasteiger partial charge in [-0.05, 0) is 49.4 Å². The Morgan fingerprint density at radius 1 is 1.19 bits per heavy atom. The molecule has 0 spiro atoms. The van der Waals surface area contributed by atoms with Crippen molar-refractivity contribution >= 4 is 17.3 Å². The van der Waals surface area contributed by atoms with Gasteiger partial charge in [0.25, 0.3) is 11.6 Å². The summed E-state index contributed by atoms with van der Waals surface area (Å²) in [4.78, 5) is 22.7. The summed E-state index contributed by atoms with van der Waals surface area (Å²) in [6, 6.07) is 13.0. The van der Waals surface area contributed by atoms with E-state index in [0.717, 1.165) is 0 Å². The van der Waals surface area contributed by atoms with Crippen LogP contribution in [-0.4, -0.2) is 10.8 Å². The molecule has 0 aliphatic carbocycles. The Balaban J connectivity index is 1.63. The summed E-state index contributed by atoms with van der Waals surface area (Å²) in [6.45, 7) is 1.68. The highest BCUT2D eigenvalue weighted by Gasteiger charge is 2.15. The number of carbonyl (C=O) groups excluding carboxylic acids is 1. The number of nitro benzene ring substituents is 1. The zero-order valence-electron chi connectivity index (χ0n) is 14.3. The lowest BCUT2D eigenvalue weighted by Crippen LogP contribution is -2.11. The molecule has 138 valence electrons. The molecule has 0 bridgehead atoms. The summed E-state index contributed by atoms with van der Waals surface area (Å²) < 4.78 is 23.7. The van der Waals surface area contributed by atoms with E-state index in [1.54, 1.807) is 25.1 Å². The van der Waals surface area contributed by atoms with Crippen molar-refractivity contribution in [2.75, 3.05) is 5.32 Å². The van der Waals surface area contributed by atoms with Gasteiger partial charge >= 0.3 is 0 Å². The lowest BCUT2D eigenvalue weighted by Gasteiger charge is -2.05. The molecule has 27 heavy (non-hydrogen) atoms. The number of nitrogens with zero attached hydrogens (tertiary/aromatic N) is 1. The Bertz CT molecular complexity index is 982. The highest BCUT2D eigenvalue weighted by Crippen LogP contribution is 2.23. The van der Waals surface area contributed by atoms with E-state index in [1.165, 1.54) is 36.4 Å². The summed E-state index contributed by atoms with van der Waals surface area (Å²) in [5.41, 5.74) is 0.703. The van der Waals surface area contributed by atoms with Crippen molar-refractivity contribution in [3.63, 3.8) is 0 Å². The van der Waals surface area contributed by atoms with Crippen molar-refractivity contribution in [3.8, 4) is 5.75 Å². The van der Waals surface area contributed by atoms with Crippen LogP contribution in [-0.2, 0) is 6.61 Å². The van der Waals surface area contributed by atoms with Gasteiger partial charge in [-0.3, -0.25) is 14.9 Å². The second-order valence-electron chi connectivity index (χ2n) is 5.72. The fourth-order valence-corrected chi connectivity index (χ4v) is 2.34. The summed E-state index contributed by atoms with van der Waals surface area (Å²) in [5.74, 6) is -0.00195. The van der Waals surface area contributed by atoms with Gasteiger partial charge in [0.15, 0.2) is 5.76 Å². The van der Waals surface area contributed by atoms with Crippen LogP contribution in [0.15, 0.2) is 59.0 Å². The lowest BCUT2D eigenvalue weighted by molar-refractivity contribution is -0.385. The van der Waals surface area contributed by atoms with Crippen LogP contribution in [0.4, 0.5) is 15.8 Å². The van der Waals surface area contributed by atoms with Gasteiger partial charge in [0.1, 0.15) is 23.9 Å². The number of halogens is 1. The normalized spacial score (nSPS) is 10.4. The SMILES string of the molecule is Cc1ccc(NC(=O)c2ccc(COc3ccc(F)cc3)o2)cc1[N+](=O)[O-]. The molecule has 0 aliphatic rings. The third-order valence-corrected chi connectivity index (χ3v) is 3.74. The summed E-state index contributed by atoms with van der Waals surface area (Å²) in [5, 5.41) is 13.5. The van der Waals surface area contributed by atoms with Crippen molar-refractivity contribution in [1.82, 2.24) is 0 Å². The molecule has 0 fully saturated rings. The molecule has 1 N–H and O–H groups in total. The summed E-state index contributed by atoms with van der Waals surface area (Å²) in [7, 11) is 0. The van der Waals surface area contributed by atoms with E-state index in [2.05, 4.69) is 5.32 Å². The second kappa shape index (κ2) is 7.69. The highest BCUT2D eigenvalue weighted by atomic mass is 19.1.